The highest BCUT2D eigenvalue weighted by Gasteiger charge is 2.64. The van der Waals surface area contributed by atoms with Gasteiger partial charge in [0.15, 0.2) is 48.9 Å². The number of phenolic OH excluding ortho intramolecular Hbond substituents is 2. The van der Waals surface area contributed by atoms with Crippen LogP contribution in [0.15, 0.2) is 84.9 Å². The molecule has 502 valence electrons. The molecule has 5 aliphatic rings. The van der Waals surface area contributed by atoms with E-state index in [2.05, 4.69) is 0 Å². The van der Waals surface area contributed by atoms with Gasteiger partial charge in [-0.2, -0.15) is 0 Å². The third kappa shape index (κ3) is 16.5. The van der Waals surface area contributed by atoms with Crippen molar-refractivity contribution < 1.29 is 162 Å². The second-order valence-corrected chi connectivity index (χ2v) is 21.4. The molecule has 0 unspecified atom stereocenters. The summed E-state index contributed by atoms with van der Waals surface area (Å²) in [5.74, 6) is -8.05. The van der Waals surface area contributed by atoms with Gasteiger partial charge in [0, 0.05) is 19.1 Å². The van der Waals surface area contributed by atoms with Crippen molar-refractivity contribution in [3.8, 4) is 17.2 Å². The zero-order valence-corrected chi connectivity index (χ0v) is 48.3. The van der Waals surface area contributed by atoms with Crippen LogP contribution in [-0.2, 0) is 76.0 Å². The summed E-state index contributed by atoms with van der Waals surface area (Å²) in [5.41, 5.74) is 0.448. The number of rotatable bonds is 24. The first-order chi connectivity index (χ1) is 43.4. The Balaban J connectivity index is 1.28. The lowest BCUT2D eigenvalue weighted by molar-refractivity contribution is -0.423. The minimum Gasteiger partial charge on any atom is -0.508 e. The number of carbonyl (C=O) groups excluding carboxylic acids is 4. The maximum atomic E-state index is 14.2. The predicted octanol–water partition coefficient (Wildman–Crippen LogP) is -5.54. The minimum absolute atomic E-state index is 0.0274. The molecule has 15 N–H and O–H groups in total. The Labute approximate surface area is 516 Å². The van der Waals surface area contributed by atoms with E-state index in [1.54, 1.807) is 6.07 Å². The van der Waals surface area contributed by atoms with Crippen LogP contribution in [-0.4, -0.2) is 294 Å². The number of benzene rings is 3. The smallest absolute Gasteiger partial charge is 0.338 e. The van der Waals surface area contributed by atoms with Crippen molar-refractivity contribution in [3.05, 3.63) is 102 Å². The maximum Gasteiger partial charge on any atom is 0.338 e. The number of aliphatic hydroxyl groups excluding tert-OH is 13. The summed E-state index contributed by atoms with van der Waals surface area (Å²) < 4.78 is 82.8. The lowest BCUT2D eigenvalue weighted by atomic mass is 9.95. The molecule has 0 aromatic heterocycles. The number of aliphatic hydroxyl groups is 13. The molecule has 33 heteroatoms. The monoisotopic (exact) mass is 1300 g/mol. The van der Waals surface area contributed by atoms with Crippen molar-refractivity contribution in [2.24, 2.45) is 0 Å². The first-order valence-corrected chi connectivity index (χ1v) is 28.2. The number of methoxy groups -OCH3 is 1. The summed E-state index contributed by atoms with van der Waals surface area (Å²) in [6.07, 6.45) is -45.3. The van der Waals surface area contributed by atoms with E-state index in [0.717, 1.165) is 19.1 Å². The summed E-state index contributed by atoms with van der Waals surface area (Å²) in [4.78, 5) is 54.3. The Kier molecular flexibility index (Phi) is 24.3. The van der Waals surface area contributed by atoms with Crippen LogP contribution in [0.4, 0.5) is 0 Å². The summed E-state index contributed by atoms with van der Waals surface area (Å²) >= 11 is 0. The molecule has 5 fully saturated rings. The Morgan fingerprint density at radius 1 is 0.516 bits per heavy atom. The van der Waals surface area contributed by atoms with E-state index in [1.165, 1.54) is 86.0 Å². The molecule has 0 amide bonds. The van der Waals surface area contributed by atoms with E-state index in [0.29, 0.717) is 5.56 Å². The summed E-state index contributed by atoms with van der Waals surface area (Å²) in [6, 6.07) is 16.5. The predicted molar refractivity (Wildman–Crippen MR) is 294 cm³/mol. The molecule has 0 spiro atoms. The standard InChI is InChI=1S/C58H72O33/c1-25(63)79-23-36-41(70)49(86-54-45(74)43(72)39(68)32(19-59)81-54)47(76)56(84-36)87-50-48(85-38(67)17-12-27-10-15-30(65)31(18-27)78-2)35(22-62)83-57(51(50)88-55-46(75)44(73)40(69)33(20-60)82-55)91-58(24-80-37(66)16-11-26-8-13-29(64)14-9-26)52(42(71)34(21-61)90-58)89-53(77)28-6-4-3-5-7-28/h3-18,32-36,39-52,54-57,59-62,64-65,68-76H,19-24H2,1-2H3/b16-11+,17-12+/t32-,33-,34-,35-,36-,39-,40-,41-,42-,43+,44+,45-,46-,47-,48-,49+,50+,51-,52-,54-,55+,56-,57-,58+/m1/s1. The van der Waals surface area contributed by atoms with Gasteiger partial charge in [0.2, 0.25) is 5.79 Å². The SMILES string of the molecule is COc1cc(/C=C/C(=O)O[C@H]2[C@H](O[C@H]3O[C@H](COC(C)=O)[C@@H](O)[C@H](O[C@H]4O[C@H](CO)[C@@H](O)[C@H](O)[C@H]4O)[C@H]3O)[C@@H](O[C@@H]3O[C@H](CO)[C@@H](O)[C@H](O)[C@H]3O)[C@@H](O[C@]3(COC(=O)/C=C/c4ccc(O)cc4)O[C@H](CO)[C@@H](O)[C@H]3OC(=O)c3ccccc3)O[C@@H]2CO)ccc1O. The van der Waals surface area contributed by atoms with E-state index in [4.69, 9.17) is 66.3 Å². The van der Waals surface area contributed by atoms with Gasteiger partial charge in [0.05, 0.1) is 39.1 Å². The fraction of sp³-hybridized carbons (Fsp3) is 0.552. The van der Waals surface area contributed by atoms with E-state index < -0.39 is 210 Å². The Morgan fingerprint density at radius 2 is 1.05 bits per heavy atom. The van der Waals surface area contributed by atoms with Gasteiger partial charge >= 0.3 is 23.9 Å². The van der Waals surface area contributed by atoms with Gasteiger partial charge in [-0.05, 0) is 59.7 Å². The molecule has 5 saturated heterocycles. The molecule has 0 aliphatic carbocycles. The summed E-state index contributed by atoms with van der Waals surface area (Å²) in [7, 11) is 1.25. The second kappa shape index (κ2) is 31.4. The molecule has 91 heavy (non-hydrogen) atoms. The number of esters is 4. The second-order valence-electron chi connectivity index (χ2n) is 21.4. The molecule has 3 aromatic rings. The third-order valence-electron chi connectivity index (χ3n) is 15.2. The molecule has 5 heterocycles. The molecule has 0 saturated carbocycles. The zero-order chi connectivity index (χ0) is 66.0. The van der Waals surface area contributed by atoms with Crippen molar-refractivity contribution in [1.29, 1.82) is 0 Å². The zero-order valence-electron chi connectivity index (χ0n) is 48.3. The maximum absolute atomic E-state index is 14.2. The van der Waals surface area contributed by atoms with Gasteiger partial charge in [0.25, 0.3) is 0 Å². The van der Waals surface area contributed by atoms with Crippen LogP contribution in [0.3, 0.4) is 0 Å². The number of hydrogen-bond donors (Lipinski definition) is 15. The third-order valence-corrected chi connectivity index (χ3v) is 15.2. The Morgan fingerprint density at radius 3 is 1.65 bits per heavy atom. The first-order valence-electron chi connectivity index (χ1n) is 28.2. The summed E-state index contributed by atoms with van der Waals surface area (Å²) in [6.45, 7) is -5.58. The van der Waals surface area contributed by atoms with Crippen LogP contribution in [0.25, 0.3) is 12.2 Å². The van der Waals surface area contributed by atoms with E-state index in [9.17, 15) is 95.8 Å². The van der Waals surface area contributed by atoms with E-state index in [-0.39, 0.29) is 28.4 Å². The number of hydrogen-bond acceptors (Lipinski definition) is 33. The molecular formula is C58H72O33. The highest BCUT2D eigenvalue weighted by molar-refractivity contribution is 5.90. The first kappa shape index (κ1) is 70.4. The van der Waals surface area contributed by atoms with Crippen LogP contribution in [0.2, 0.25) is 0 Å². The van der Waals surface area contributed by atoms with E-state index in [1.807, 2.05) is 0 Å². The van der Waals surface area contributed by atoms with Crippen molar-refractivity contribution >= 4 is 36.0 Å². The summed E-state index contributed by atoms with van der Waals surface area (Å²) in [5, 5.41) is 164. The fourth-order valence-corrected chi connectivity index (χ4v) is 10.4. The van der Waals surface area contributed by atoms with Gasteiger partial charge in [-0.3, -0.25) is 4.79 Å². The lowest BCUT2D eigenvalue weighted by Gasteiger charge is -2.51. The number of ether oxygens (including phenoxy) is 14. The van der Waals surface area contributed by atoms with Crippen LogP contribution >= 0.6 is 0 Å². The highest BCUT2D eigenvalue weighted by Crippen LogP contribution is 2.43. The van der Waals surface area contributed by atoms with Gasteiger partial charge in [-0.15, -0.1) is 0 Å². The molecule has 3 aromatic carbocycles. The molecule has 33 nitrogen and oxygen atoms in total. The van der Waals surface area contributed by atoms with Crippen molar-refractivity contribution in [2.45, 2.75) is 154 Å². The molecule has 0 bridgehead atoms. The van der Waals surface area contributed by atoms with Crippen LogP contribution in [0.1, 0.15) is 28.4 Å². The van der Waals surface area contributed by atoms with Crippen LogP contribution in [0, 0.1) is 0 Å². The molecular weight excluding hydrogens is 1220 g/mol. The Hall–Kier alpha value is -6.46. The average Bonchev–Trinajstić information content (AvgIpc) is 1.77. The largest absolute Gasteiger partial charge is 0.508 e. The molecule has 24 atom stereocenters. The van der Waals surface area contributed by atoms with Gasteiger partial charge < -0.3 is 143 Å². The van der Waals surface area contributed by atoms with Crippen molar-refractivity contribution in [3.63, 3.8) is 0 Å². The normalized spacial score (nSPS) is 36.8. The van der Waals surface area contributed by atoms with E-state index >= 15 is 0 Å². The molecule has 5 aliphatic heterocycles. The topological polar surface area (TPSA) is 501 Å². The van der Waals surface area contributed by atoms with Crippen molar-refractivity contribution in [2.75, 3.05) is 46.8 Å². The number of phenols is 2. The molecule has 0 radical (unpaired) electrons. The quantitative estimate of drug-likeness (QED) is 0.0226. The average molecular weight is 1300 g/mol. The molecule has 8 rings (SSSR count). The fourth-order valence-electron chi connectivity index (χ4n) is 10.4. The van der Waals surface area contributed by atoms with Gasteiger partial charge in [-0.25, -0.2) is 14.4 Å². The van der Waals surface area contributed by atoms with Crippen LogP contribution in [0.5, 0.6) is 17.2 Å². The minimum atomic E-state index is -2.98. The van der Waals surface area contributed by atoms with Crippen LogP contribution < -0.4 is 4.74 Å². The lowest BCUT2D eigenvalue weighted by Crippen LogP contribution is -2.69. The van der Waals surface area contributed by atoms with Gasteiger partial charge in [-0.1, -0.05) is 36.4 Å². The van der Waals surface area contributed by atoms with Gasteiger partial charge in [0.1, 0.15) is 123 Å². The Bertz CT molecular complexity index is 2930. The number of aromatic hydroxyl groups is 2. The van der Waals surface area contributed by atoms with Crippen molar-refractivity contribution in [1.82, 2.24) is 0 Å². The number of carbonyl (C=O) groups is 4. The highest BCUT2D eigenvalue weighted by atomic mass is 16.8.